The Labute approximate surface area is 136 Å². The minimum atomic E-state index is -0.222. The highest BCUT2D eigenvalue weighted by molar-refractivity contribution is 5.92. The Morgan fingerprint density at radius 1 is 1.22 bits per heavy atom. The van der Waals surface area contributed by atoms with Crippen molar-refractivity contribution in [1.29, 1.82) is 0 Å². The number of hydrogen-bond donors (Lipinski definition) is 2. The Morgan fingerprint density at radius 2 is 2.00 bits per heavy atom. The summed E-state index contributed by atoms with van der Waals surface area (Å²) in [6, 6.07) is 5.38. The molecule has 7 heteroatoms. The van der Waals surface area contributed by atoms with Crippen molar-refractivity contribution in [1.82, 2.24) is 25.2 Å². The second kappa shape index (κ2) is 8.79. The van der Waals surface area contributed by atoms with Gasteiger partial charge in [-0.1, -0.05) is 0 Å². The van der Waals surface area contributed by atoms with Crippen LogP contribution in [0, 0.1) is 0 Å². The Hall–Kier alpha value is -2.54. The van der Waals surface area contributed by atoms with Crippen molar-refractivity contribution in [3.63, 3.8) is 0 Å². The molecule has 7 nitrogen and oxygen atoms in total. The Kier molecular flexibility index (Phi) is 6.43. The molecule has 0 saturated heterocycles. The number of carbonyl (C=O) groups is 1. The molecule has 0 radical (unpaired) electrons. The molecule has 0 bridgehead atoms. The van der Waals surface area contributed by atoms with E-state index in [1.54, 1.807) is 18.5 Å². The first-order valence-corrected chi connectivity index (χ1v) is 7.53. The molecular weight excluding hydrogens is 292 g/mol. The highest BCUT2D eigenvalue weighted by Gasteiger charge is 2.08. The summed E-state index contributed by atoms with van der Waals surface area (Å²) < 4.78 is 0. The van der Waals surface area contributed by atoms with Gasteiger partial charge in [0.2, 0.25) is 0 Å². The average Bonchev–Trinajstić information content (AvgIpc) is 2.57. The summed E-state index contributed by atoms with van der Waals surface area (Å²) in [5, 5.41) is 6.04. The van der Waals surface area contributed by atoms with Gasteiger partial charge in [0.15, 0.2) is 0 Å². The van der Waals surface area contributed by atoms with E-state index in [4.69, 9.17) is 0 Å². The number of nitrogens with zero attached hydrogens (tertiary/aromatic N) is 4. The molecule has 2 rings (SSSR count). The van der Waals surface area contributed by atoms with E-state index in [9.17, 15) is 4.79 Å². The lowest BCUT2D eigenvalue weighted by molar-refractivity contribution is 0.0946. The zero-order chi connectivity index (χ0) is 16.5. The van der Waals surface area contributed by atoms with Gasteiger partial charge < -0.3 is 15.5 Å². The van der Waals surface area contributed by atoms with E-state index in [2.05, 4.69) is 30.5 Å². The molecule has 1 amide bonds. The topological polar surface area (TPSA) is 83.0 Å². The predicted octanol–water partition coefficient (Wildman–Crippen LogP) is 1.17. The summed E-state index contributed by atoms with van der Waals surface area (Å²) in [5.74, 6) is 0.438. The number of amides is 1. The van der Waals surface area contributed by atoms with Crippen LogP contribution in [0.2, 0.25) is 0 Å². The Morgan fingerprint density at radius 3 is 2.74 bits per heavy atom. The maximum Gasteiger partial charge on any atom is 0.270 e. The molecular formula is C16H22N6O. The van der Waals surface area contributed by atoms with Crippen molar-refractivity contribution in [2.75, 3.05) is 32.5 Å². The smallest absolute Gasteiger partial charge is 0.270 e. The van der Waals surface area contributed by atoms with Crippen molar-refractivity contribution in [3.8, 4) is 0 Å². The quantitative estimate of drug-likeness (QED) is 0.712. The second-order valence-electron chi connectivity index (χ2n) is 5.41. The fourth-order valence-electron chi connectivity index (χ4n) is 1.96. The Balaban J connectivity index is 1.84. The first-order chi connectivity index (χ1) is 11.1. The number of carbonyl (C=O) groups excluding carboxylic acids is 1. The molecule has 0 saturated carbocycles. The Bertz CT molecular complexity index is 617. The van der Waals surface area contributed by atoms with Crippen molar-refractivity contribution >= 4 is 11.7 Å². The third-order valence-corrected chi connectivity index (χ3v) is 3.19. The van der Waals surface area contributed by atoms with Crippen LogP contribution >= 0.6 is 0 Å². The van der Waals surface area contributed by atoms with Gasteiger partial charge in [-0.25, -0.2) is 9.97 Å². The molecule has 0 aliphatic heterocycles. The van der Waals surface area contributed by atoms with Gasteiger partial charge in [-0.2, -0.15) is 0 Å². The highest BCUT2D eigenvalue weighted by Crippen LogP contribution is 2.05. The first kappa shape index (κ1) is 16.8. The van der Waals surface area contributed by atoms with Gasteiger partial charge in [0.1, 0.15) is 17.8 Å². The maximum absolute atomic E-state index is 12.1. The number of rotatable bonds is 8. The van der Waals surface area contributed by atoms with E-state index in [0.717, 1.165) is 25.1 Å². The largest absolute Gasteiger partial charge is 0.370 e. The van der Waals surface area contributed by atoms with Crippen LogP contribution in [0.1, 0.15) is 22.5 Å². The lowest BCUT2D eigenvalue weighted by Gasteiger charge is -2.10. The summed E-state index contributed by atoms with van der Waals surface area (Å²) in [4.78, 5) is 26.4. The molecule has 0 unspecified atom stereocenters. The van der Waals surface area contributed by atoms with Gasteiger partial charge in [0, 0.05) is 31.5 Å². The monoisotopic (exact) mass is 314 g/mol. The minimum Gasteiger partial charge on any atom is -0.370 e. The van der Waals surface area contributed by atoms with Gasteiger partial charge >= 0.3 is 0 Å². The molecule has 2 N–H and O–H groups in total. The molecule has 0 aliphatic rings. The summed E-state index contributed by atoms with van der Waals surface area (Å²) in [7, 11) is 4.08. The number of pyridine rings is 1. The third-order valence-electron chi connectivity index (χ3n) is 3.19. The normalized spacial score (nSPS) is 10.6. The number of nitrogens with one attached hydrogen (secondary N) is 2. The molecule has 0 spiro atoms. The molecule has 2 heterocycles. The predicted molar refractivity (Wildman–Crippen MR) is 89.1 cm³/mol. The molecule has 0 fully saturated rings. The van der Waals surface area contributed by atoms with Crippen LogP contribution in [0.4, 0.5) is 5.82 Å². The standard InChI is InChI=1S/C16H22N6O/c1-22(2)9-3-6-18-15-10-14(20-12-21-15)16(23)19-11-13-4-7-17-8-5-13/h4-5,7-8,10,12H,3,6,9,11H2,1-2H3,(H,19,23)(H,18,20,21). The summed E-state index contributed by atoms with van der Waals surface area (Å²) >= 11 is 0. The van der Waals surface area contributed by atoms with Crippen molar-refractivity contribution < 1.29 is 4.79 Å². The van der Waals surface area contributed by atoms with Crippen LogP contribution in [0.25, 0.3) is 0 Å². The van der Waals surface area contributed by atoms with Crippen molar-refractivity contribution in [2.24, 2.45) is 0 Å². The van der Waals surface area contributed by atoms with Crippen LogP contribution < -0.4 is 10.6 Å². The van der Waals surface area contributed by atoms with E-state index in [0.29, 0.717) is 18.1 Å². The van der Waals surface area contributed by atoms with Gasteiger partial charge in [0.05, 0.1) is 0 Å². The molecule has 0 aliphatic carbocycles. The van der Waals surface area contributed by atoms with Crippen LogP contribution in [-0.4, -0.2) is 52.9 Å². The second-order valence-corrected chi connectivity index (χ2v) is 5.41. The number of aromatic nitrogens is 3. The maximum atomic E-state index is 12.1. The molecule has 0 aromatic carbocycles. The van der Waals surface area contributed by atoms with Gasteiger partial charge in [-0.05, 0) is 44.8 Å². The summed E-state index contributed by atoms with van der Waals surface area (Å²) in [6.45, 7) is 2.24. The van der Waals surface area contributed by atoms with Crippen molar-refractivity contribution in [2.45, 2.75) is 13.0 Å². The number of hydrogen-bond acceptors (Lipinski definition) is 6. The van der Waals surface area contributed by atoms with E-state index >= 15 is 0 Å². The zero-order valence-corrected chi connectivity index (χ0v) is 13.5. The van der Waals surface area contributed by atoms with E-state index in [-0.39, 0.29) is 5.91 Å². The first-order valence-electron chi connectivity index (χ1n) is 7.53. The number of anilines is 1. The lowest BCUT2D eigenvalue weighted by Crippen LogP contribution is -2.24. The lowest BCUT2D eigenvalue weighted by atomic mass is 10.2. The SMILES string of the molecule is CN(C)CCCNc1cc(C(=O)NCc2ccncc2)ncn1. The highest BCUT2D eigenvalue weighted by atomic mass is 16.1. The van der Waals surface area contributed by atoms with Crippen LogP contribution in [0.15, 0.2) is 36.9 Å². The summed E-state index contributed by atoms with van der Waals surface area (Å²) in [5.41, 5.74) is 1.34. The van der Waals surface area contributed by atoms with Gasteiger partial charge in [-0.15, -0.1) is 0 Å². The molecule has 122 valence electrons. The average molecular weight is 314 g/mol. The zero-order valence-electron chi connectivity index (χ0n) is 13.5. The minimum absolute atomic E-state index is 0.222. The van der Waals surface area contributed by atoms with Crippen LogP contribution in [0.3, 0.4) is 0 Å². The van der Waals surface area contributed by atoms with Gasteiger partial charge in [0.25, 0.3) is 5.91 Å². The fraction of sp³-hybridized carbons (Fsp3) is 0.375. The van der Waals surface area contributed by atoms with E-state index < -0.39 is 0 Å². The van der Waals surface area contributed by atoms with Crippen molar-refractivity contribution in [3.05, 3.63) is 48.2 Å². The van der Waals surface area contributed by atoms with Crippen LogP contribution in [0.5, 0.6) is 0 Å². The van der Waals surface area contributed by atoms with E-state index in [1.165, 1.54) is 6.33 Å². The van der Waals surface area contributed by atoms with Crippen LogP contribution in [-0.2, 0) is 6.54 Å². The molecule has 2 aromatic rings. The van der Waals surface area contributed by atoms with E-state index in [1.807, 2.05) is 26.2 Å². The third kappa shape index (κ3) is 5.99. The summed E-state index contributed by atoms with van der Waals surface area (Å²) in [6.07, 6.45) is 5.79. The molecule has 0 atom stereocenters. The molecule has 2 aromatic heterocycles. The molecule has 23 heavy (non-hydrogen) atoms. The fourth-order valence-corrected chi connectivity index (χ4v) is 1.96. The van der Waals surface area contributed by atoms with Gasteiger partial charge in [-0.3, -0.25) is 9.78 Å².